The Morgan fingerprint density at radius 1 is 1.12 bits per heavy atom. The molecule has 1 spiro atoms. The Bertz CT molecular complexity index is 1520. The van der Waals surface area contributed by atoms with E-state index >= 15 is 0 Å². The summed E-state index contributed by atoms with van der Waals surface area (Å²) in [5.74, 6) is -0.564. The van der Waals surface area contributed by atoms with Gasteiger partial charge in [0.05, 0.1) is 12.8 Å². The first kappa shape index (κ1) is 26.5. The predicted molar refractivity (Wildman–Crippen MR) is 146 cm³/mol. The Morgan fingerprint density at radius 3 is 2.63 bits per heavy atom. The van der Waals surface area contributed by atoms with E-state index < -0.39 is 30.1 Å². The quantitative estimate of drug-likeness (QED) is 0.427. The summed E-state index contributed by atoms with van der Waals surface area (Å²) in [6.45, 7) is 2.13. The minimum absolute atomic E-state index is 0.0139. The number of ether oxygens (including phenoxy) is 2. The Hall–Kier alpha value is -4.67. The monoisotopic (exact) mass is 557 g/mol. The van der Waals surface area contributed by atoms with Gasteiger partial charge in [-0.2, -0.15) is 5.10 Å². The van der Waals surface area contributed by atoms with Gasteiger partial charge in [-0.05, 0) is 42.9 Å². The lowest BCUT2D eigenvalue weighted by atomic mass is 9.86. The van der Waals surface area contributed by atoms with E-state index in [0.717, 1.165) is 34.4 Å². The van der Waals surface area contributed by atoms with Gasteiger partial charge in [0.2, 0.25) is 17.4 Å². The fourth-order valence-corrected chi connectivity index (χ4v) is 5.66. The van der Waals surface area contributed by atoms with Crippen LogP contribution in [0.5, 0.6) is 5.75 Å². The number of carbonyl (C=O) groups excluding carboxylic acids is 4. The van der Waals surface area contributed by atoms with E-state index in [0.29, 0.717) is 23.8 Å². The van der Waals surface area contributed by atoms with Crippen LogP contribution in [0.4, 0.5) is 4.79 Å². The average molecular weight is 558 g/mol. The zero-order chi connectivity index (χ0) is 28.7. The maximum atomic E-state index is 13.8. The molecule has 2 fully saturated rings. The van der Waals surface area contributed by atoms with Crippen LogP contribution in [0.3, 0.4) is 0 Å². The second-order valence-electron chi connectivity index (χ2n) is 10.9. The first-order chi connectivity index (χ1) is 19.7. The molecular formula is C30H31N5O6. The second-order valence-corrected chi connectivity index (χ2v) is 10.9. The molecule has 1 saturated carbocycles. The maximum Gasteiger partial charge on any atom is 0.418 e. The molecule has 41 heavy (non-hydrogen) atoms. The molecule has 3 heterocycles. The summed E-state index contributed by atoms with van der Waals surface area (Å²) in [7, 11) is 0. The number of fused-ring (bicyclic) bond motifs is 2. The molecule has 1 aromatic heterocycles. The van der Waals surface area contributed by atoms with Gasteiger partial charge < -0.3 is 20.1 Å². The molecule has 2 N–H and O–H groups in total. The fourth-order valence-electron chi connectivity index (χ4n) is 5.66. The van der Waals surface area contributed by atoms with E-state index in [9.17, 15) is 19.2 Å². The molecule has 4 amide bonds. The van der Waals surface area contributed by atoms with E-state index in [1.54, 1.807) is 35.5 Å². The molecule has 6 rings (SSSR count). The lowest BCUT2D eigenvalue weighted by molar-refractivity contribution is -0.144. The van der Waals surface area contributed by atoms with Gasteiger partial charge in [0, 0.05) is 36.3 Å². The van der Waals surface area contributed by atoms with Crippen molar-refractivity contribution in [1.82, 2.24) is 19.6 Å². The van der Waals surface area contributed by atoms with E-state index in [1.165, 1.54) is 4.68 Å². The van der Waals surface area contributed by atoms with Crippen LogP contribution in [0.2, 0.25) is 0 Å². The zero-order valence-corrected chi connectivity index (χ0v) is 22.7. The standard InChI is InChI=1S/C30H31N5O6/c1-19(21-7-8-21)34(15-20-5-3-2-4-6-20)27(37)18-35-28(38)30(41-29(35)39)11-12-40-25-13-22(9-10-24(25)30)23-14-32-33(16-23)17-26(31)36/h2-6,9-10,13-14,16,19,21H,7-8,11-12,15,17-18H2,1H3,(H2,31,36)/t19-,30?/m0/s1. The van der Waals surface area contributed by atoms with Crippen molar-refractivity contribution in [3.8, 4) is 16.9 Å². The van der Waals surface area contributed by atoms with Gasteiger partial charge in [0.1, 0.15) is 18.8 Å². The largest absolute Gasteiger partial charge is 0.493 e. The number of primary amides is 1. The molecule has 0 radical (unpaired) electrons. The molecule has 2 atom stereocenters. The summed E-state index contributed by atoms with van der Waals surface area (Å²) in [5.41, 5.74) is 6.57. The minimum Gasteiger partial charge on any atom is -0.493 e. The third-order valence-corrected chi connectivity index (χ3v) is 8.09. The summed E-state index contributed by atoms with van der Waals surface area (Å²) < 4.78 is 13.1. The zero-order valence-electron chi connectivity index (χ0n) is 22.7. The molecule has 11 nitrogen and oxygen atoms in total. The average Bonchev–Trinajstić information content (AvgIpc) is 3.67. The number of hydrogen-bond acceptors (Lipinski definition) is 7. The second kappa shape index (κ2) is 10.4. The number of nitrogens with zero attached hydrogens (tertiary/aromatic N) is 4. The van der Waals surface area contributed by atoms with Crippen molar-refractivity contribution in [3.63, 3.8) is 0 Å². The summed E-state index contributed by atoms with van der Waals surface area (Å²) >= 11 is 0. The number of benzene rings is 2. The number of amides is 4. The van der Waals surface area contributed by atoms with Crippen LogP contribution in [-0.4, -0.2) is 62.6 Å². The fraction of sp³-hybridized carbons (Fsp3) is 0.367. The molecule has 2 aliphatic heterocycles. The highest BCUT2D eigenvalue weighted by atomic mass is 16.6. The molecule has 212 valence electrons. The SMILES string of the molecule is C[C@@H](C1CC1)N(Cc1ccccc1)C(=O)CN1C(=O)OC2(CCOc3cc(-c4cnn(CC(N)=O)c4)ccc32)C1=O. The van der Waals surface area contributed by atoms with E-state index in [-0.39, 0.29) is 31.5 Å². The number of imide groups is 1. The lowest BCUT2D eigenvalue weighted by Crippen LogP contribution is -2.48. The van der Waals surface area contributed by atoms with Crippen molar-refractivity contribution < 1.29 is 28.7 Å². The van der Waals surface area contributed by atoms with Crippen LogP contribution in [0.15, 0.2) is 60.9 Å². The molecule has 1 aliphatic carbocycles. The molecule has 3 aromatic rings. The van der Waals surface area contributed by atoms with Gasteiger partial charge in [0.15, 0.2) is 0 Å². The van der Waals surface area contributed by atoms with Gasteiger partial charge in [-0.1, -0.05) is 42.5 Å². The Morgan fingerprint density at radius 2 is 1.90 bits per heavy atom. The van der Waals surface area contributed by atoms with Gasteiger partial charge in [-0.15, -0.1) is 0 Å². The first-order valence-corrected chi connectivity index (χ1v) is 13.7. The Balaban J connectivity index is 1.23. The third kappa shape index (κ3) is 5.03. The molecule has 0 bridgehead atoms. The van der Waals surface area contributed by atoms with Crippen LogP contribution in [-0.2, 0) is 37.8 Å². The summed E-state index contributed by atoms with van der Waals surface area (Å²) in [5, 5.41) is 4.15. The van der Waals surface area contributed by atoms with E-state index in [4.69, 9.17) is 15.2 Å². The molecule has 1 unspecified atom stereocenters. The lowest BCUT2D eigenvalue weighted by Gasteiger charge is -2.32. The molecule has 11 heteroatoms. The number of hydrogen-bond donors (Lipinski definition) is 1. The number of nitrogens with two attached hydrogens (primary N) is 1. The number of rotatable bonds is 9. The highest BCUT2D eigenvalue weighted by molar-refractivity contribution is 6.06. The molecule has 3 aliphatic rings. The van der Waals surface area contributed by atoms with Crippen LogP contribution in [0.1, 0.15) is 37.3 Å². The summed E-state index contributed by atoms with van der Waals surface area (Å²) in [4.78, 5) is 54.5. The van der Waals surface area contributed by atoms with Crippen molar-refractivity contribution in [2.75, 3.05) is 13.2 Å². The van der Waals surface area contributed by atoms with Gasteiger partial charge in [0.25, 0.3) is 5.91 Å². The van der Waals surface area contributed by atoms with Crippen LogP contribution < -0.4 is 10.5 Å². The van der Waals surface area contributed by atoms with Crippen LogP contribution >= 0.6 is 0 Å². The molecular weight excluding hydrogens is 526 g/mol. The van der Waals surface area contributed by atoms with Gasteiger partial charge in [-0.25, -0.2) is 9.69 Å². The van der Waals surface area contributed by atoms with Crippen molar-refractivity contribution in [2.24, 2.45) is 11.7 Å². The Kier molecular flexibility index (Phi) is 6.72. The predicted octanol–water partition coefficient (Wildman–Crippen LogP) is 2.82. The Labute approximate surface area is 236 Å². The van der Waals surface area contributed by atoms with Gasteiger partial charge in [-0.3, -0.25) is 19.1 Å². The third-order valence-electron chi connectivity index (χ3n) is 8.09. The smallest absolute Gasteiger partial charge is 0.418 e. The van der Waals surface area contributed by atoms with Crippen LogP contribution in [0, 0.1) is 5.92 Å². The first-order valence-electron chi connectivity index (χ1n) is 13.7. The highest BCUT2D eigenvalue weighted by Crippen LogP contribution is 2.46. The number of aromatic nitrogens is 2. The van der Waals surface area contributed by atoms with Crippen LogP contribution in [0.25, 0.3) is 11.1 Å². The maximum absolute atomic E-state index is 13.8. The van der Waals surface area contributed by atoms with Gasteiger partial charge >= 0.3 is 6.09 Å². The topological polar surface area (TPSA) is 137 Å². The summed E-state index contributed by atoms with van der Waals surface area (Å²) in [6.07, 6.45) is 4.68. The van der Waals surface area contributed by atoms with Crippen molar-refractivity contribution in [1.29, 1.82) is 0 Å². The van der Waals surface area contributed by atoms with E-state index in [1.807, 2.05) is 37.3 Å². The summed E-state index contributed by atoms with van der Waals surface area (Å²) in [6, 6.07) is 14.9. The van der Waals surface area contributed by atoms with Crippen molar-refractivity contribution >= 4 is 23.8 Å². The normalized spacial score (nSPS) is 20.4. The molecule has 1 saturated heterocycles. The molecule has 2 aromatic carbocycles. The highest BCUT2D eigenvalue weighted by Gasteiger charge is 2.58. The minimum atomic E-state index is -1.56. The van der Waals surface area contributed by atoms with Crippen molar-refractivity contribution in [3.05, 3.63) is 72.1 Å². The van der Waals surface area contributed by atoms with E-state index in [2.05, 4.69) is 5.10 Å². The number of carbonyl (C=O) groups is 4. The van der Waals surface area contributed by atoms with Crippen molar-refractivity contribution in [2.45, 2.75) is 50.9 Å².